The summed E-state index contributed by atoms with van der Waals surface area (Å²) in [5, 5.41) is 0.904. The molecule has 0 saturated heterocycles. The Morgan fingerprint density at radius 1 is 1.24 bits per heavy atom. The lowest BCUT2D eigenvalue weighted by Gasteiger charge is -2.30. The van der Waals surface area contributed by atoms with E-state index in [1.807, 2.05) is 12.1 Å². The molecule has 17 heavy (non-hydrogen) atoms. The lowest BCUT2D eigenvalue weighted by atomic mass is 9.80. The highest BCUT2D eigenvalue weighted by molar-refractivity contribution is 9.09. The fourth-order valence-electron chi connectivity index (χ4n) is 2.69. The van der Waals surface area contributed by atoms with Crippen molar-refractivity contribution in [3.8, 4) is 0 Å². The predicted octanol–water partition coefficient (Wildman–Crippen LogP) is 5.47. The zero-order valence-electron chi connectivity index (χ0n) is 10.3. The average molecular weight is 316 g/mol. The molecule has 1 aromatic rings. The smallest absolute Gasteiger partial charge is 0.0438 e. The highest BCUT2D eigenvalue weighted by Gasteiger charge is 2.24. The molecule has 0 bridgehead atoms. The average Bonchev–Trinajstić information content (AvgIpc) is 2.33. The summed E-state index contributed by atoms with van der Waals surface area (Å²) in [5.74, 6) is 1.74. The van der Waals surface area contributed by atoms with Crippen LogP contribution in [0.25, 0.3) is 0 Å². The van der Waals surface area contributed by atoms with Crippen LogP contribution in [0.4, 0.5) is 0 Å². The first-order valence-electron chi connectivity index (χ1n) is 6.54. The summed E-state index contributed by atoms with van der Waals surface area (Å²) in [6, 6.07) is 8.20. The van der Waals surface area contributed by atoms with Gasteiger partial charge in [0.1, 0.15) is 0 Å². The molecule has 0 aromatic heterocycles. The number of hydrogen-bond acceptors (Lipinski definition) is 0. The summed E-state index contributed by atoms with van der Waals surface area (Å²) in [4.78, 5) is 0.579. The molecular formula is C15H20BrCl. The van der Waals surface area contributed by atoms with Gasteiger partial charge in [0.25, 0.3) is 0 Å². The molecule has 0 amide bonds. The molecule has 1 aliphatic rings. The third kappa shape index (κ3) is 3.72. The van der Waals surface area contributed by atoms with E-state index in [0.29, 0.717) is 4.83 Å². The van der Waals surface area contributed by atoms with Gasteiger partial charge in [0, 0.05) is 9.85 Å². The SMILES string of the molecule is CC1CCC(C(Br)Cc2ccccc2Cl)CC1. The van der Waals surface area contributed by atoms with E-state index >= 15 is 0 Å². The third-order valence-electron chi connectivity index (χ3n) is 3.94. The lowest BCUT2D eigenvalue weighted by Crippen LogP contribution is -2.22. The van der Waals surface area contributed by atoms with Crippen LogP contribution in [0.15, 0.2) is 24.3 Å². The standard InChI is InChI=1S/C15H20BrCl/c1-11-6-8-12(9-7-11)14(16)10-13-4-2-3-5-15(13)17/h2-5,11-12,14H,6-10H2,1H3. The largest absolute Gasteiger partial charge is 0.0884 e. The second-order valence-corrected chi connectivity index (χ2v) is 6.91. The zero-order chi connectivity index (χ0) is 12.3. The van der Waals surface area contributed by atoms with E-state index in [1.165, 1.54) is 31.2 Å². The zero-order valence-corrected chi connectivity index (χ0v) is 12.7. The maximum Gasteiger partial charge on any atom is 0.0438 e. The summed E-state index contributed by atoms with van der Waals surface area (Å²) >= 11 is 10.1. The van der Waals surface area contributed by atoms with Gasteiger partial charge in [-0.3, -0.25) is 0 Å². The minimum Gasteiger partial charge on any atom is -0.0884 e. The topological polar surface area (TPSA) is 0 Å². The van der Waals surface area contributed by atoms with E-state index in [-0.39, 0.29) is 0 Å². The van der Waals surface area contributed by atoms with Crippen molar-refractivity contribution in [1.82, 2.24) is 0 Å². The van der Waals surface area contributed by atoms with E-state index in [9.17, 15) is 0 Å². The van der Waals surface area contributed by atoms with Crippen molar-refractivity contribution >= 4 is 27.5 Å². The van der Waals surface area contributed by atoms with Gasteiger partial charge in [-0.25, -0.2) is 0 Å². The number of halogens is 2. The Morgan fingerprint density at radius 2 is 1.88 bits per heavy atom. The molecule has 1 fully saturated rings. The minimum absolute atomic E-state index is 0.579. The Morgan fingerprint density at radius 3 is 2.53 bits per heavy atom. The van der Waals surface area contributed by atoms with Crippen LogP contribution in [-0.4, -0.2) is 4.83 Å². The number of rotatable bonds is 3. The summed E-state index contributed by atoms with van der Waals surface area (Å²) in [6.45, 7) is 2.37. The second kappa shape index (κ2) is 6.24. The maximum atomic E-state index is 6.21. The first kappa shape index (κ1) is 13.4. The van der Waals surface area contributed by atoms with Gasteiger partial charge in [-0.2, -0.15) is 0 Å². The monoisotopic (exact) mass is 314 g/mol. The molecule has 1 unspecified atom stereocenters. The molecule has 0 radical (unpaired) electrons. The van der Waals surface area contributed by atoms with Crippen molar-refractivity contribution in [2.75, 3.05) is 0 Å². The van der Waals surface area contributed by atoms with Gasteiger partial charge >= 0.3 is 0 Å². The lowest BCUT2D eigenvalue weighted by molar-refractivity contribution is 0.285. The van der Waals surface area contributed by atoms with Gasteiger partial charge in [-0.1, -0.05) is 65.5 Å². The molecule has 2 rings (SSSR count). The molecule has 94 valence electrons. The molecule has 0 heterocycles. The van der Waals surface area contributed by atoms with Gasteiger partial charge < -0.3 is 0 Å². The Balaban J connectivity index is 1.93. The summed E-state index contributed by atoms with van der Waals surface area (Å²) in [6.07, 6.45) is 6.55. The molecule has 0 N–H and O–H groups in total. The van der Waals surface area contributed by atoms with Gasteiger partial charge in [-0.15, -0.1) is 0 Å². The normalized spacial score (nSPS) is 26.8. The molecule has 0 spiro atoms. The third-order valence-corrected chi connectivity index (χ3v) is 5.38. The fraction of sp³-hybridized carbons (Fsp3) is 0.600. The van der Waals surface area contributed by atoms with Crippen molar-refractivity contribution < 1.29 is 0 Å². The van der Waals surface area contributed by atoms with Crippen LogP contribution in [0, 0.1) is 11.8 Å². The molecule has 1 atom stereocenters. The van der Waals surface area contributed by atoms with Crippen LogP contribution in [0.1, 0.15) is 38.2 Å². The number of hydrogen-bond donors (Lipinski definition) is 0. The first-order valence-corrected chi connectivity index (χ1v) is 7.83. The molecule has 1 aliphatic carbocycles. The van der Waals surface area contributed by atoms with Gasteiger partial charge in [0.2, 0.25) is 0 Å². The van der Waals surface area contributed by atoms with Crippen molar-refractivity contribution in [3.05, 3.63) is 34.9 Å². The molecular weight excluding hydrogens is 296 g/mol. The van der Waals surface area contributed by atoms with Gasteiger partial charge in [0.05, 0.1) is 0 Å². The summed E-state index contributed by atoms with van der Waals surface area (Å²) in [7, 11) is 0. The molecule has 1 saturated carbocycles. The summed E-state index contributed by atoms with van der Waals surface area (Å²) in [5.41, 5.74) is 1.27. The van der Waals surface area contributed by atoms with E-state index in [4.69, 9.17) is 11.6 Å². The summed E-state index contributed by atoms with van der Waals surface area (Å²) < 4.78 is 0. The van der Waals surface area contributed by atoms with Crippen LogP contribution in [-0.2, 0) is 6.42 Å². The van der Waals surface area contributed by atoms with Crippen LogP contribution in [0.5, 0.6) is 0 Å². The van der Waals surface area contributed by atoms with Crippen molar-refractivity contribution in [2.24, 2.45) is 11.8 Å². The van der Waals surface area contributed by atoms with Crippen molar-refractivity contribution in [1.29, 1.82) is 0 Å². The Bertz CT molecular complexity index is 356. The van der Waals surface area contributed by atoms with E-state index in [2.05, 4.69) is 35.0 Å². The Labute approximate surface area is 118 Å². The Kier molecular flexibility index (Phi) is 4.93. The number of alkyl halides is 1. The van der Waals surface area contributed by atoms with Crippen molar-refractivity contribution in [2.45, 2.75) is 43.9 Å². The highest BCUT2D eigenvalue weighted by Crippen LogP contribution is 2.35. The van der Waals surface area contributed by atoms with Crippen LogP contribution < -0.4 is 0 Å². The predicted molar refractivity (Wildman–Crippen MR) is 79.0 cm³/mol. The van der Waals surface area contributed by atoms with Crippen LogP contribution >= 0.6 is 27.5 Å². The second-order valence-electron chi connectivity index (χ2n) is 5.33. The van der Waals surface area contributed by atoms with E-state index in [0.717, 1.165) is 23.3 Å². The number of benzene rings is 1. The van der Waals surface area contributed by atoms with Gasteiger partial charge in [0.15, 0.2) is 0 Å². The van der Waals surface area contributed by atoms with Crippen molar-refractivity contribution in [3.63, 3.8) is 0 Å². The van der Waals surface area contributed by atoms with E-state index < -0.39 is 0 Å². The van der Waals surface area contributed by atoms with Crippen LogP contribution in [0.2, 0.25) is 5.02 Å². The van der Waals surface area contributed by atoms with Gasteiger partial charge in [-0.05, 0) is 42.7 Å². The maximum absolute atomic E-state index is 6.21. The van der Waals surface area contributed by atoms with E-state index in [1.54, 1.807) is 0 Å². The highest BCUT2D eigenvalue weighted by atomic mass is 79.9. The fourth-order valence-corrected chi connectivity index (χ4v) is 3.78. The minimum atomic E-state index is 0.579. The molecule has 2 heteroatoms. The Hall–Kier alpha value is -0.0100. The quantitative estimate of drug-likeness (QED) is 0.649. The molecule has 1 aromatic carbocycles. The molecule has 0 aliphatic heterocycles. The molecule has 0 nitrogen and oxygen atoms in total. The first-order chi connectivity index (χ1) is 8.16. The van der Waals surface area contributed by atoms with Crippen LogP contribution in [0.3, 0.4) is 0 Å².